The predicted octanol–water partition coefficient (Wildman–Crippen LogP) is 17.0. The first-order chi connectivity index (χ1) is 32.2. The normalized spacial score (nSPS) is 15.0. The maximum Gasteiger partial charge on any atom is 0.0714 e. The van der Waals surface area contributed by atoms with Crippen LogP contribution in [0.15, 0.2) is 224 Å². The first-order valence-electron chi connectivity index (χ1n) is 23.4. The molecule has 13 rings (SSSR count). The van der Waals surface area contributed by atoms with Gasteiger partial charge in [-0.05, 0) is 137 Å². The largest absolute Gasteiger partial charge is 0.310 e. The van der Waals surface area contributed by atoms with Crippen molar-refractivity contribution in [3.8, 4) is 44.5 Å². The van der Waals surface area contributed by atoms with E-state index in [1.807, 2.05) is 0 Å². The molecule has 0 unspecified atom stereocenters. The van der Waals surface area contributed by atoms with Crippen LogP contribution in [-0.2, 0) is 16.2 Å². The summed E-state index contributed by atoms with van der Waals surface area (Å²) in [5.41, 5.74) is 23.5. The van der Waals surface area contributed by atoms with Crippen molar-refractivity contribution >= 4 is 27.8 Å². The second kappa shape index (κ2) is 14.1. The van der Waals surface area contributed by atoms with E-state index in [1.54, 1.807) is 0 Å². The number of benzene rings is 10. The molecule has 0 fully saturated rings. The van der Waals surface area contributed by atoms with Crippen LogP contribution in [0, 0.1) is 0 Å². The third-order valence-corrected chi connectivity index (χ3v) is 15.5. The van der Waals surface area contributed by atoms with Gasteiger partial charge in [-0.15, -0.1) is 0 Å². The molecule has 0 saturated heterocycles. The number of hydrogen-bond donors (Lipinski definition) is 0. The molecule has 1 heteroatoms. The lowest BCUT2D eigenvalue weighted by molar-refractivity contribution is 0.660. The summed E-state index contributed by atoms with van der Waals surface area (Å²) < 4.78 is 0. The van der Waals surface area contributed by atoms with Crippen molar-refractivity contribution in [1.29, 1.82) is 0 Å². The third-order valence-electron chi connectivity index (χ3n) is 15.5. The molecular formula is C65H49N. The second-order valence-electron chi connectivity index (χ2n) is 19.6. The van der Waals surface area contributed by atoms with Gasteiger partial charge in [-0.1, -0.05) is 210 Å². The minimum absolute atomic E-state index is 0.154. The topological polar surface area (TPSA) is 3.24 Å². The smallest absolute Gasteiger partial charge is 0.0714 e. The summed E-state index contributed by atoms with van der Waals surface area (Å²) in [5.74, 6) is 0. The van der Waals surface area contributed by atoms with Crippen molar-refractivity contribution in [3.05, 3.63) is 269 Å². The van der Waals surface area contributed by atoms with Crippen molar-refractivity contribution in [3.63, 3.8) is 0 Å². The van der Waals surface area contributed by atoms with E-state index in [2.05, 4.69) is 257 Å². The molecule has 1 nitrogen and oxygen atoms in total. The Morgan fingerprint density at radius 3 is 1.44 bits per heavy atom. The van der Waals surface area contributed by atoms with Gasteiger partial charge in [0.25, 0.3) is 0 Å². The summed E-state index contributed by atoms with van der Waals surface area (Å²) >= 11 is 0. The van der Waals surface area contributed by atoms with Crippen LogP contribution >= 0.6 is 0 Å². The van der Waals surface area contributed by atoms with Crippen LogP contribution < -0.4 is 4.90 Å². The van der Waals surface area contributed by atoms with Crippen LogP contribution in [0.1, 0.15) is 72.2 Å². The minimum atomic E-state index is -0.512. The van der Waals surface area contributed by atoms with Crippen LogP contribution in [0.4, 0.5) is 17.1 Å². The molecule has 0 amide bonds. The highest BCUT2D eigenvalue weighted by molar-refractivity contribution is 5.99. The zero-order valence-electron chi connectivity index (χ0n) is 37.8. The molecule has 10 aromatic rings. The number of fused-ring (bicyclic) bond motifs is 10. The lowest BCUT2D eigenvalue weighted by Crippen LogP contribution is -2.28. The van der Waals surface area contributed by atoms with Crippen molar-refractivity contribution in [2.24, 2.45) is 0 Å². The zero-order valence-corrected chi connectivity index (χ0v) is 37.8. The lowest BCUT2D eigenvalue weighted by Gasteiger charge is -2.34. The zero-order chi connectivity index (χ0) is 44.4. The van der Waals surface area contributed by atoms with Crippen LogP contribution in [0.25, 0.3) is 55.3 Å². The number of anilines is 3. The van der Waals surface area contributed by atoms with E-state index in [1.165, 1.54) is 105 Å². The molecule has 314 valence electrons. The Kier molecular flexibility index (Phi) is 8.28. The van der Waals surface area contributed by atoms with Crippen molar-refractivity contribution in [2.45, 2.75) is 43.9 Å². The fourth-order valence-electron chi connectivity index (χ4n) is 12.3. The number of rotatable bonds is 6. The van der Waals surface area contributed by atoms with Crippen LogP contribution in [0.3, 0.4) is 0 Å². The first-order valence-corrected chi connectivity index (χ1v) is 23.4. The maximum absolute atomic E-state index is 2.57. The van der Waals surface area contributed by atoms with Crippen molar-refractivity contribution in [2.75, 3.05) is 4.90 Å². The Balaban J connectivity index is 1.03. The first kappa shape index (κ1) is 38.7. The van der Waals surface area contributed by atoms with E-state index in [0.29, 0.717) is 0 Å². The molecule has 0 bridgehead atoms. The molecular weight excluding hydrogens is 795 g/mol. The monoisotopic (exact) mass is 843 g/mol. The molecule has 0 aliphatic heterocycles. The Morgan fingerprint density at radius 1 is 0.303 bits per heavy atom. The SMILES string of the molecule is CC1(C)c2ccccc2-c2ccc(N(c3ccc4c(c3)C(C)(C)c3cc(-c5ccc6ccccc6c5)ccc3-4)c3cccc4c3-c3ccccc3C4(c3ccccc3)c3ccccc3)cc21. The molecule has 0 saturated carbocycles. The molecule has 0 N–H and O–H groups in total. The molecule has 66 heavy (non-hydrogen) atoms. The van der Waals surface area contributed by atoms with Crippen LogP contribution in [0.2, 0.25) is 0 Å². The highest BCUT2D eigenvalue weighted by Crippen LogP contribution is 2.61. The van der Waals surface area contributed by atoms with Gasteiger partial charge in [0, 0.05) is 27.8 Å². The van der Waals surface area contributed by atoms with Gasteiger partial charge in [-0.25, -0.2) is 0 Å². The summed E-state index contributed by atoms with van der Waals surface area (Å²) in [6.45, 7) is 9.60. The molecule has 0 radical (unpaired) electrons. The van der Waals surface area contributed by atoms with Gasteiger partial charge in [-0.2, -0.15) is 0 Å². The van der Waals surface area contributed by atoms with Gasteiger partial charge >= 0.3 is 0 Å². The van der Waals surface area contributed by atoms with Gasteiger partial charge < -0.3 is 4.90 Å². The van der Waals surface area contributed by atoms with Gasteiger partial charge in [0.1, 0.15) is 0 Å². The van der Waals surface area contributed by atoms with Crippen LogP contribution in [-0.4, -0.2) is 0 Å². The Hall–Kier alpha value is -7.74. The van der Waals surface area contributed by atoms with Gasteiger partial charge in [0.2, 0.25) is 0 Å². The molecule has 0 atom stereocenters. The van der Waals surface area contributed by atoms with Gasteiger partial charge in [0.15, 0.2) is 0 Å². The molecule has 3 aliphatic rings. The Morgan fingerprint density at radius 2 is 0.773 bits per heavy atom. The van der Waals surface area contributed by atoms with E-state index >= 15 is 0 Å². The highest BCUT2D eigenvalue weighted by atomic mass is 15.1. The van der Waals surface area contributed by atoms with E-state index in [4.69, 9.17) is 0 Å². The standard InChI is InChI=1S/C65H49N/c1-63(2)55-26-15-13-24-50(55)52-36-33-48(40-59(52)63)66(49-34-37-53-51-35-32-45(39-58(51)64(3,4)60(53)41-49)44-31-30-42-18-11-12-19-43(42)38-44)61-29-17-28-57-62(61)54-25-14-16-27-56(54)65(57,46-20-7-5-8-21-46)47-22-9-6-10-23-47/h5-41H,1-4H3. The number of nitrogens with zero attached hydrogens (tertiary/aromatic N) is 1. The fraction of sp³-hybridized carbons (Fsp3) is 0.108. The summed E-state index contributed by atoms with van der Waals surface area (Å²) in [6, 6.07) is 84.5. The second-order valence-corrected chi connectivity index (χ2v) is 19.6. The van der Waals surface area contributed by atoms with Gasteiger partial charge in [0.05, 0.1) is 11.1 Å². The van der Waals surface area contributed by atoms with Gasteiger partial charge in [-0.3, -0.25) is 0 Å². The summed E-state index contributed by atoms with van der Waals surface area (Å²) in [4.78, 5) is 2.57. The summed E-state index contributed by atoms with van der Waals surface area (Å²) in [7, 11) is 0. The maximum atomic E-state index is 2.57. The summed E-state index contributed by atoms with van der Waals surface area (Å²) in [5, 5.41) is 2.53. The quantitative estimate of drug-likeness (QED) is 0.161. The van der Waals surface area contributed by atoms with Crippen molar-refractivity contribution < 1.29 is 0 Å². The van der Waals surface area contributed by atoms with Crippen molar-refractivity contribution in [1.82, 2.24) is 0 Å². The third kappa shape index (κ3) is 5.35. The van der Waals surface area contributed by atoms with E-state index in [-0.39, 0.29) is 10.8 Å². The molecule has 3 aliphatic carbocycles. The Bertz CT molecular complexity index is 3550. The predicted molar refractivity (Wildman–Crippen MR) is 276 cm³/mol. The molecule has 0 heterocycles. The average Bonchev–Trinajstić information content (AvgIpc) is 3.89. The molecule has 0 spiro atoms. The molecule has 10 aromatic carbocycles. The minimum Gasteiger partial charge on any atom is -0.310 e. The van der Waals surface area contributed by atoms with Crippen LogP contribution in [0.5, 0.6) is 0 Å². The van der Waals surface area contributed by atoms with E-state index < -0.39 is 5.41 Å². The molecule has 0 aromatic heterocycles. The lowest BCUT2D eigenvalue weighted by atomic mass is 9.68. The van der Waals surface area contributed by atoms with E-state index in [9.17, 15) is 0 Å². The highest BCUT2D eigenvalue weighted by Gasteiger charge is 2.48. The average molecular weight is 844 g/mol. The summed E-state index contributed by atoms with van der Waals surface area (Å²) in [6.07, 6.45) is 0. The fourth-order valence-corrected chi connectivity index (χ4v) is 12.3. The number of hydrogen-bond acceptors (Lipinski definition) is 1. The van der Waals surface area contributed by atoms with E-state index in [0.717, 1.165) is 11.4 Å². The Labute approximate surface area is 388 Å².